The molecule has 0 amide bonds. The van der Waals surface area contributed by atoms with Crippen molar-refractivity contribution in [3.63, 3.8) is 0 Å². The second kappa shape index (κ2) is 7.59. The highest BCUT2D eigenvalue weighted by Crippen LogP contribution is 2.24. The van der Waals surface area contributed by atoms with E-state index in [1.165, 1.54) is 19.5 Å². The van der Waals surface area contributed by atoms with Crippen LogP contribution in [0.1, 0.15) is 5.69 Å². The average molecular weight is 373 g/mol. The molecule has 1 aromatic heterocycles. The third-order valence-corrected chi connectivity index (χ3v) is 5.07. The molecule has 1 N–H and O–H groups in total. The fourth-order valence-electron chi connectivity index (χ4n) is 2.37. The minimum atomic E-state index is -3.98. The first kappa shape index (κ1) is 18.0. The van der Waals surface area contributed by atoms with E-state index in [1.54, 1.807) is 6.07 Å². The van der Waals surface area contributed by atoms with Gasteiger partial charge >= 0.3 is 0 Å². The first-order valence-electron chi connectivity index (χ1n) is 7.69. The summed E-state index contributed by atoms with van der Waals surface area (Å²) < 4.78 is 45.8. The lowest BCUT2D eigenvalue weighted by atomic mass is 10.1. The van der Waals surface area contributed by atoms with Crippen molar-refractivity contribution in [2.75, 3.05) is 7.11 Å². The maximum Gasteiger partial charge on any atom is 0.244 e. The molecule has 0 fully saturated rings. The third-order valence-electron chi connectivity index (χ3n) is 3.65. The van der Waals surface area contributed by atoms with Crippen molar-refractivity contribution >= 4 is 10.0 Å². The number of hydrogen-bond acceptors (Lipinski definition) is 5. The number of sulfonamides is 1. The summed E-state index contributed by atoms with van der Waals surface area (Å²) in [4.78, 5) is 8.01. The number of rotatable bonds is 6. The second-order valence-corrected chi connectivity index (χ2v) is 7.12. The molecule has 0 aliphatic heterocycles. The number of hydrogen-bond donors (Lipinski definition) is 1. The van der Waals surface area contributed by atoms with Gasteiger partial charge in [-0.2, -0.15) is 0 Å². The van der Waals surface area contributed by atoms with Gasteiger partial charge in [-0.05, 0) is 24.3 Å². The maximum absolute atomic E-state index is 13.4. The Hall–Kier alpha value is -2.84. The van der Waals surface area contributed by atoms with E-state index in [2.05, 4.69) is 14.7 Å². The molecule has 0 bridgehead atoms. The van der Waals surface area contributed by atoms with Crippen LogP contribution in [0.3, 0.4) is 0 Å². The summed E-state index contributed by atoms with van der Waals surface area (Å²) in [7, 11) is -2.65. The normalized spacial score (nSPS) is 11.3. The van der Waals surface area contributed by atoms with E-state index in [-0.39, 0.29) is 17.2 Å². The van der Waals surface area contributed by atoms with Crippen molar-refractivity contribution in [1.82, 2.24) is 14.7 Å². The number of benzene rings is 2. The zero-order chi connectivity index (χ0) is 18.6. The number of halogens is 1. The summed E-state index contributed by atoms with van der Waals surface area (Å²) in [6.07, 6.45) is 1.37. The van der Waals surface area contributed by atoms with Crippen LogP contribution in [-0.2, 0) is 16.6 Å². The number of aromatic nitrogens is 2. The van der Waals surface area contributed by atoms with Gasteiger partial charge in [0.15, 0.2) is 0 Å². The van der Waals surface area contributed by atoms with Crippen molar-refractivity contribution < 1.29 is 17.5 Å². The molecule has 3 aromatic rings. The van der Waals surface area contributed by atoms with E-state index >= 15 is 0 Å². The Morgan fingerprint density at radius 1 is 1.08 bits per heavy atom. The molecule has 2 aromatic carbocycles. The van der Waals surface area contributed by atoms with E-state index in [0.29, 0.717) is 11.4 Å². The smallest absolute Gasteiger partial charge is 0.244 e. The van der Waals surface area contributed by atoms with E-state index < -0.39 is 15.8 Å². The van der Waals surface area contributed by atoms with Gasteiger partial charge in [-0.15, -0.1) is 0 Å². The van der Waals surface area contributed by atoms with Crippen molar-refractivity contribution in [1.29, 1.82) is 0 Å². The van der Waals surface area contributed by atoms with Crippen LogP contribution in [0.2, 0.25) is 0 Å². The summed E-state index contributed by atoms with van der Waals surface area (Å²) in [6, 6.07) is 14.5. The molecule has 0 saturated carbocycles. The summed E-state index contributed by atoms with van der Waals surface area (Å²) >= 11 is 0. The van der Waals surface area contributed by atoms with Crippen LogP contribution < -0.4 is 9.46 Å². The summed E-state index contributed by atoms with van der Waals surface area (Å²) in [6.45, 7) is -0.0651. The topological polar surface area (TPSA) is 81.2 Å². The second-order valence-electron chi connectivity index (χ2n) is 5.38. The Bertz CT molecular complexity index is 1010. The molecule has 0 aliphatic carbocycles. The highest BCUT2D eigenvalue weighted by molar-refractivity contribution is 7.89. The van der Waals surface area contributed by atoms with E-state index in [0.717, 1.165) is 17.7 Å². The highest BCUT2D eigenvalue weighted by atomic mass is 32.2. The SMILES string of the molecule is COc1ccc(F)cc1S(=O)(=O)NCc1cc(-c2ccccc2)ncn1. The molecule has 0 aliphatic rings. The Labute approximate surface area is 150 Å². The Balaban J connectivity index is 1.82. The molecule has 26 heavy (non-hydrogen) atoms. The van der Waals surface area contributed by atoms with Gasteiger partial charge in [-0.25, -0.2) is 27.5 Å². The molecule has 3 rings (SSSR count). The van der Waals surface area contributed by atoms with Gasteiger partial charge in [-0.3, -0.25) is 0 Å². The predicted octanol–water partition coefficient (Wildman–Crippen LogP) is 2.77. The predicted molar refractivity (Wildman–Crippen MR) is 94.4 cm³/mol. The zero-order valence-electron chi connectivity index (χ0n) is 13.9. The monoisotopic (exact) mass is 373 g/mol. The molecule has 0 unspecified atom stereocenters. The number of ether oxygens (including phenoxy) is 1. The molecule has 134 valence electrons. The molecule has 8 heteroatoms. The Morgan fingerprint density at radius 3 is 2.58 bits per heavy atom. The summed E-state index contributed by atoms with van der Waals surface area (Å²) in [5, 5.41) is 0. The van der Waals surface area contributed by atoms with Gasteiger partial charge < -0.3 is 4.74 Å². The molecule has 0 saturated heterocycles. The van der Waals surface area contributed by atoms with E-state index in [4.69, 9.17) is 4.74 Å². The standard InChI is InChI=1S/C18H16FN3O3S/c1-25-17-8-7-14(19)9-18(17)26(23,24)22-11-15-10-16(21-12-20-15)13-5-3-2-4-6-13/h2-10,12,22H,11H2,1H3. The van der Waals surface area contributed by atoms with Crippen molar-refractivity contribution in [3.05, 3.63) is 72.4 Å². The number of methoxy groups -OCH3 is 1. The minimum Gasteiger partial charge on any atom is -0.495 e. The van der Waals surface area contributed by atoms with Gasteiger partial charge in [0, 0.05) is 5.56 Å². The number of nitrogens with one attached hydrogen (secondary N) is 1. The largest absolute Gasteiger partial charge is 0.495 e. The van der Waals surface area contributed by atoms with E-state index in [9.17, 15) is 12.8 Å². The molecule has 1 heterocycles. The summed E-state index contributed by atoms with van der Waals surface area (Å²) in [5.74, 6) is -0.605. The lowest BCUT2D eigenvalue weighted by Gasteiger charge is -2.11. The van der Waals surface area contributed by atoms with Crippen LogP contribution in [0.5, 0.6) is 5.75 Å². The average Bonchev–Trinajstić information content (AvgIpc) is 2.67. The Kier molecular flexibility index (Phi) is 5.24. The summed E-state index contributed by atoms with van der Waals surface area (Å²) in [5.41, 5.74) is 2.06. The van der Waals surface area contributed by atoms with Gasteiger partial charge in [-0.1, -0.05) is 30.3 Å². The van der Waals surface area contributed by atoms with Crippen LogP contribution >= 0.6 is 0 Å². The first-order valence-corrected chi connectivity index (χ1v) is 9.17. The van der Waals surface area contributed by atoms with Crippen LogP contribution in [0.15, 0.2) is 65.8 Å². The van der Waals surface area contributed by atoms with Crippen molar-refractivity contribution in [3.8, 4) is 17.0 Å². The third kappa shape index (κ3) is 4.04. The molecule has 0 radical (unpaired) electrons. The van der Waals surface area contributed by atoms with Crippen LogP contribution in [0.4, 0.5) is 4.39 Å². The van der Waals surface area contributed by atoms with Gasteiger partial charge in [0.1, 0.15) is 22.8 Å². The number of nitrogens with zero attached hydrogens (tertiary/aromatic N) is 2. The maximum atomic E-state index is 13.4. The van der Waals surface area contributed by atoms with Crippen LogP contribution in [0.25, 0.3) is 11.3 Å². The van der Waals surface area contributed by atoms with Crippen LogP contribution in [0, 0.1) is 5.82 Å². The van der Waals surface area contributed by atoms with Gasteiger partial charge in [0.25, 0.3) is 0 Å². The molecular weight excluding hydrogens is 357 g/mol. The highest BCUT2D eigenvalue weighted by Gasteiger charge is 2.20. The quantitative estimate of drug-likeness (QED) is 0.719. The fraction of sp³-hybridized carbons (Fsp3) is 0.111. The molecule has 0 spiro atoms. The lowest BCUT2D eigenvalue weighted by Crippen LogP contribution is -2.24. The zero-order valence-corrected chi connectivity index (χ0v) is 14.7. The van der Waals surface area contributed by atoms with Gasteiger partial charge in [0.2, 0.25) is 10.0 Å². The first-order chi connectivity index (χ1) is 12.5. The molecule has 6 nitrogen and oxygen atoms in total. The van der Waals surface area contributed by atoms with Gasteiger partial charge in [0.05, 0.1) is 25.0 Å². The fourth-order valence-corrected chi connectivity index (χ4v) is 3.55. The van der Waals surface area contributed by atoms with Crippen molar-refractivity contribution in [2.45, 2.75) is 11.4 Å². The molecular formula is C18H16FN3O3S. The van der Waals surface area contributed by atoms with E-state index in [1.807, 2.05) is 30.3 Å². The van der Waals surface area contributed by atoms with Crippen molar-refractivity contribution in [2.24, 2.45) is 0 Å². The van der Waals surface area contributed by atoms with Crippen LogP contribution in [-0.4, -0.2) is 25.5 Å². The lowest BCUT2D eigenvalue weighted by molar-refractivity contribution is 0.400. The Morgan fingerprint density at radius 2 is 1.85 bits per heavy atom. The minimum absolute atomic E-state index is 0.0616. The molecule has 0 atom stereocenters.